The van der Waals surface area contributed by atoms with E-state index in [0.29, 0.717) is 23.3 Å². The molecule has 28 heavy (non-hydrogen) atoms. The molecular weight excluding hydrogens is 344 g/mol. The van der Waals surface area contributed by atoms with Gasteiger partial charge in [-0.3, -0.25) is 9.78 Å². The molecule has 3 heteroatoms. The Bertz CT molecular complexity index is 815. The lowest BCUT2D eigenvalue weighted by atomic mass is 9.48. The topological polar surface area (TPSA) is 42.0 Å². The van der Waals surface area contributed by atoms with Gasteiger partial charge in [0, 0.05) is 23.9 Å². The average Bonchev–Trinajstić information content (AvgIpc) is 3.04. The summed E-state index contributed by atoms with van der Waals surface area (Å²) in [4.78, 5) is 16.0. The highest BCUT2D eigenvalue weighted by Gasteiger charge is 2.59. The van der Waals surface area contributed by atoms with Crippen LogP contribution in [0.3, 0.4) is 0 Å². The lowest BCUT2D eigenvalue weighted by Gasteiger charge is -2.58. The van der Waals surface area contributed by atoms with E-state index in [0.717, 1.165) is 18.3 Å². The molecule has 0 bridgehead atoms. The first-order chi connectivity index (χ1) is 13.5. The molecule has 4 aliphatic rings. The van der Waals surface area contributed by atoms with Crippen LogP contribution in [0.4, 0.5) is 0 Å². The van der Waals surface area contributed by atoms with Crippen LogP contribution >= 0.6 is 0 Å². The Morgan fingerprint density at radius 3 is 2.71 bits per heavy atom. The molecule has 3 fully saturated rings. The maximum absolute atomic E-state index is 11.9. The van der Waals surface area contributed by atoms with Crippen molar-refractivity contribution in [3.05, 3.63) is 48.3 Å². The number of hydrogen-bond acceptors (Lipinski definition) is 2. The van der Waals surface area contributed by atoms with E-state index in [1.807, 2.05) is 12.4 Å². The van der Waals surface area contributed by atoms with Gasteiger partial charge in [0.25, 0.3) is 0 Å². The zero-order valence-electron chi connectivity index (χ0n) is 17.1. The summed E-state index contributed by atoms with van der Waals surface area (Å²) < 4.78 is 0. The van der Waals surface area contributed by atoms with E-state index in [-0.39, 0.29) is 11.3 Å². The Kier molecular flexibility index (Phi) is 4.26. The summed E-state index contributed by atoms with van der Waals surface area (Å²) >= 11 is 0. The van der Waals surface area contributed by atoms with Gasteiger partial charge >= 0.3 is 0 Å². The number of allylic oxidation sites excluding steroid dienone is 1. The molecule has 0 unspecified atom stereocenters. The third kappa shape index (κ3) is 2.69. The molecule has 1 N–H and O–H groups in total. The van der Waals surface area contributed by atoms with Crippen LogP contribution in [-0.4, -0.2) is 16.9 Å². The number of carbonyl (C=O) groups excluding carboxylic acids is 1. The molecular formula is C25H32N2O. The molecule has 0 radical (unpaired) electrons. The van der Waals surface area contributed by atoms with Crippen molar-refractivity contribution in [2.24, 2.45) is 34.5 Å². The van der Waals surface area contributed by atoms with Crippen molar-refractivity contribution in [1.29, 1.82) is 0 Å². The zero-order chi connectivity index (χ0) is 19.4. The molecule has 1 aromatic rings. The van der Waals surface area contributed by atoms with Crippen LogP contribution in [0.15, 0.2) is 42.8 Å². The smallest absolute Gasteiger partial charge is 0.243 e. The number of aromatic nitrogens is 1. The van der Waals surface area contributed by atoms with E-state index in [2.05, 4.69) is 54.5 Å². The summed E-state index contributed by atoms with van der Waals surface area (Å²) in [5.74, 6) is 3.12. The molecule has 3 saturated carbocycles. The van der Waals surface area contributed by atoms with Gasteiger partial charge in [0.15, 0.2) is 0 Å². The second kappa shape index (κ2) is 6.57. The number of nitrogens with one attached hydrogen (secondary N) is 1. The Morgan fingerprint density at radius 2 is 1.89 bits per heavy atom. The number of carbonyl (C=O) groups is 1. The fourth-order valence-corrected chi connectivity index (χ4v) is 7.39. The van der Waals surface area contributed by atoms with Crippen LogP contribution in [0.25, 0.3) is 6.08 Å². The lowest BCUT2D eigenvalue weighted by molar-refractivity contribution is -0.122. The molecule has 1 aliphatic heterocycles. The van der Waals surface area contributed by atoms with Crippen LogP contribution in [0.1, 0.15) is 57.9 Å². The van der Waals surface area contributed by atoms with Gasteiger partial charge < -0.3 is 5.32 Å². The molecule has 5 rings (SSSR count). The Labute approximate surface area is 168 Å². The van der Waals surface area contributed by atoms with Crippen LogP contribution in [0.5, 0.6) is 0 Å². The molecule has 0 saturated heterocycles. The minimum absolute atomic E-state index is 0.101. The Hall–Kier alpha value is -1.90. The first kappa shape index (κ1) is 18.1. The van der Waals surface area contributed by atoms with E-state index < -0.39 is 0 Å². The second-order valence-electron chi connectivity index (χ2n) is 10.1. The Morgan fingerprint density at radius 1 is 1.07 bits per heavy atom. The van der Waals surface area contributed by atoms with E-state index in [9.17, 15) is 4.79 Å². The van der Waals surface area contributed by atoms with Crippen LogP contribution in [-0.2, 0) is 4.79 Å². The van der Waals surface area contributed by atoms with Crippen molar-refractivity contribution < 1.29 is 4.79 Å². The molecule has 7 atom stereocenters. The number of rotatable bonds is 2. The predicted molar refractivity (Wildman–Crippen MR) is 112 cm³/mol. The second-order valence-corrected chi connectivity index (χ2v) is 10.1. The minimum atomic E-state index is 0.101. The van der Waals surface area contributed by atoms with Crippen molar-refractivity contribution in [3.8, 4) is 0 Å². The van der Waals surface area contributed by atoms with E-state index in [1.165, 1.54) is 37.7 Å². The standard InChI is InChI=1S/C25H32N2O/c1-24-13-9-21-19(6-8-22-25(21,2)14-10-23(28)27-22)20(24)7-5-18(24)4-3-17-11-15-26-16-12-17/h3-4,10-12,14-16,18-22H,5-9,13H2,1-2H3,(H,27,28)/b4-3+/t18-,19-,20-,21-,22+,24+,25+/m0/s1. The maximum atomic E-state index is 11.9. The predicted octanol–water partition coefficient (Wildman–Crippen LogP) is 5.01. The van der Waals surface area contributed by atoms with Gasteiger partial charge in [0.05, 0.1) is 0 Å². The number of pyridine rings is 1. The van der Waals surface area contributed by atoms with E-state index in [4.69, 9.17) is 0 Å². The van der Waals surface area contributed by atoms with Crippen molar-refractivity contribution in [2.45, 2.75) is 58.4 Å². The van der Waals surface area contributed by atoms with Crippen molar-refractivity contribution in [2.75, 3.05) is 0 Å². The van der Waals surface area contributed by atoms with Crippen LogP contribution in [0, 0.1) is 34.5 Å². The highest BCUT2D eigenvalue weighted by molar-refractivity contribution is 5.89. The van der Waals surface area contributed by atoms with Crippen molar-refractivity contribution in [3.63, 3.8) is 0 Å². The number of hydrogen-bond donors (Lipinski definition) is 1. The van der Waals surface area contributed by atoms with E-state index >= 15 is 0 Å². The number of nitrogens with zero attached hydrogens (tertiary/aromatic N) is 1. The zero-order valence-corrected chi connectivity index (χ0v) is 17.1. The molecule has 1 aromatic heterocycles. The summed E-state index contributed by atoms with van der Waals surface area (Å²) in [6.07, 6.45) is 20.3. The largest absolute Gasteiger partial charge is 0.349 e. The molecule has 148 valence electrons. The highest BCUT2D eigenvalue weighted by Crippen LogP contribution is 2.65. The van der Waals surface area contributed by atoms with Crippen LogP contribution < -0.4 is 5.32 Å². The average molecular weight is 377 g/mol. The van der Waals surface area contributed by atoms with Crippen LogP contribution in [0.2, 0.25) is 0 Å². The quantitative estimate of drug-likeness (QED) is 0.788. The number of fused-ring (bicyclic) bond motifs is 5. The summed E-state index contributed by atoms with van der Waals surface area (Å²) in [6, 6.07) is 4.52. The summed E-state index contributed by atoms with van der Waals surface area (Å²) in [5, 5.41) is 3.27. The molecule has 3 aliphatic carbocycles. The first-order valence-electron chi connectivity index (χ1n) is 11.1. The summed E-state index contributed by atoms with van der Waals surface area (Å²) in [5.41, 5.74) is 1.82. The first-order valence-corrected chi connectivity index (χ1v) is 11.1. The molecule has 0 aromatic carbocycles. The van der Waals surface area contributed by atoms with Crippen molar-refractivity contribution in [1.82, 2.24) is 10.3 Å². The third-order valence-electron chi connectivity index (χ3n) is 8.99. The minimum Gasteiger partial charge on any atom is -0.349 e. The lowest BCUT2D eigenvalue weighted by Crippen LogP contribution is -2.59. The third-order valence-corrected chi connectivity index (χ3v) is 8.99. The molecule has 2 heterocycles. The Balaban J connectivity index is 1.39. The maximum Gasteiger partial charge on any atom is 0.243 e. The van der Waals surface area contributed by atoms with E-state index in [1.54, 1.807) is 6.08 Å². The normalized spacial score (nSPS) is 44.6. The SMILES string of the molecule is C[C@]12C=CC(=O)N[C@@H]1CC[C@@H]1[C@@H]2CC[C@]2(C)[C@@H](/C=C/c3ccncc3)CC[C@@H]12. The highest BCUT2D eigenvalue weighted by atomic mass is 16.1. The monoisotopic (exact) mass is 376 g/mol. The van der Waals surface area contributed by atoms with Gasteiger partial charge in [-0.25, -0.2) is 0 Å². The summed E-state index contributed by atoms with van der Waals surface area (Å²) in [7, 11) is 0. The summed E-state index contributed by atoms with van der Waals surface area (Å²) in [6.45, 7) is 4.97. The molecule has 1 amide bonds. The van der Waals surface area contributed by atoms with Gasteiger partial charge in [0.2, 0.25) is 5.91 Å². The fraction of sp³-hybridized carbons (Fsp3) is 0.600. The fourth-order valence-electron chi connectivity index (χ4n) is 7.39. The van der Waals surface area contributed by atoms with Gasteiger partial charge in [-0.2, -0.15) is 0 Å². The number of amides is 1. The van der Waals surface area contributed by atoms with Gasteiger partial charge in [0.1, 0.15) is 0 Å². The molecule has 0 spiro atoms. The molecule has 3 nitrogen and oxygen atoms in total. The van der Waals surface area contributed by atoms with Gasteiger partial charge in [-0.05, 0) is 91.4 Å². The van der Waals surface area contributed by atoms with Gasteiger partial charge in [-0.1, -0.05) is 32.1 Å². The van der Waals surface area contributed by atoms with Gasteiger partial charge in [-0.15, -0.1) is 0 Å². The van der Waals surface area contributed by atoms with Crippen molar-refractivity contribution >= 4 is 12.0 Å².